The average Bonchev–Trinajstić information content (AvgIpc) is 2.41. The Balaban J connectivity index is 2.65. The lowest BCUT2D eigenvalue weighted by Crippen LogP contribution is -2.50. The monoisotopic (exact) mass is 316 g/mol. The zero-order chi connectivity index (χ0) is 15.2. The number of halogens is 1. The van der Waals surface area contributed by atoms with Crippen LogP contribution in [0.15, 0.2) is 23.4 Å². The summed E-state index contributed by atoms with van der Waals surface area (Å²) >= 11 is 7.42. The Morgan fingerprint density at radius 1 is 1.60 bits per heavy atom. The zero-order valence-electron chi connectivity index (χ0n) is 12.3. The molecular formula is C14H21ClN2O2S. The normalized spacial score (nSPS) is 15.4. The van der Waals surface area contributed by atoms with E-state index in [9.17, 15) is 4.79 Å². The van der Waals surface area contributed by atoms with Gasteiger partial charge in [0.05, 0.1) is 16.7 Å². The Morgan fingerprint density at radius 2 is 2.30 bits per heavy atom. The number of carbonyl (C=O) groups excluding carboxylic acids is 1. The maximum Gasteiger partial charge on any atom is 0.326 e. The number of aromatic nitrogens is 1. The molecule has 0 aliphatic heterocycles. The molecule has 4 nitrogen and oxygen atoms in total. The summed E-state index contributed by atoms with van der Waals surface area (Å²) < 4.78 is 5.12. The van der Waals surface area contributed by atoms with E-state index in [2.05, 4.69) is 17.2 Å². The lowest BCUT2D eigenvalue weighted by molar-refractivity contribution is -0.150. The van der Waals surface area contributed by atoms with Crippen molar-refractivity contribution in [1.82, 2.24) is 10.3 Å². The van der Waals surface area contributed by atoms with Crippen LogP contribution in [0.1, 0.15) is 27.2 Å². The van der Waals surface area contributed by atoms with Crippen LogP contribution in [0.2, 0.25) is 5.02 Å². The van der Waals surface area contributed by atoms with E-state index in [0.717, 1.165) is 5.03 Å². The van der Waals surface area contributed by atoms with E-state index >= 15 is 0 Å². The number of pyridine rings is 1. The SMILES string of the molecule is CCOC(=O)C(C)(CC(C)Sc1ccc(Cl)cn1)NC. The number of thioether (sulfide) groups is 1. The Kier molecular flexibility index (Phi) is 6.79. The summed E-state index contributed by atoms with van der Waals surface area (Å²) in [6.07, 6.45) is 2.27. The van der Waals surface area contributed by atoms with Crippen molar-refractivity contribution in [3.8, 4) is 0 Å². The predicted molar refractivity (Wildman–Crippen MR) is 83.3 cm³/mol. The first kappa shape index (κ1) is 17.3. The summed E-state index contributed by atoms with van der Waals surface area (Å²) in [6.45, 7) is 6.12. The van der Waals surface area contributed by atoms with Crippen molar-refractivity contribution in [2.24, 2.45) is 0 Å². The Hall–Kier alpha value is -0.780. The van der Waals surface area contributed by atoms with Gasteiger partial charge in [0.25, 0.3) is 0 Å². The van der Waals surface area contributed by atoms with E-state index in [1.165, 1.54) is 0 Å². The summed E-state index contributed by atoms with van der Waals surface area (Å²) in [5.41, 5.74) is -0.686. The highest BCUT2D eigenvalue weighted by Gasteiger charge is 2.34. The summed E-state index contributed by atoms with van der Waals surface area (Å²) in [5.74, 6) is -0.223. The topological polar surface area (TPSA) is 51.2 Å². The second-order valence-electron chi connectivity index (χ2n) is 4.75. The quantitative estimate of drug-likeness (QED) is 0.618. The highest BCUT2D eigenvalue weighted by molar-refractivity contribution is 7.99. The Labute approximate surface area is 129 Å². The van der Waals surface area contributed by atoms with Crippen molar-refractivity contribution in [3.63, 3.8) is 0 Å². The fourth-order valence-electron chi connectivity index (χ4n) is 1.83. The molecule has 6 heteroatoms. The van der Waals surface area contributed by atoms with Gasteiger partial charge in [-0.3, -0.25) is 4.79 Å². The molecule has 1 aromatic rings. The molecule has 20 heavy (non-hydrogen) atoms. The molecule has 2 unspecified atom stereocenters. The van der Waals surface area contributed by atoms with Crippen molar-refractivity contribution < 1.29 is 9.53 Å². The molecule has 0 radical (unpaired) electrons. The van der Waals surface area contributed by atoms with Gasteiger partial charge in [0, 0.05) is 11.4 Å². The fourth-order valence-corrected chi connectivity index (χ4v) is 3.03. The maximum atomic E-state index is 12.0. The highest BCUT2D eigenvalue weighted by Crippen LogP contribution is 2.28. The smallest absolute Gasteiger partial charge is 0.326 e. The van der Waals surface area contributed by atoms with E-state index in [0.29, 0.717) is 18.1 Å². The number of ether oxygens (including phenoxy) is 1. The average molecular weight is 317 g/mol. The molecule has 0 aromatic carbocycles. The minimum Gasteiger partial charge on any atom is -0.465 e. The van der Waals surface area contributed by atoms with Gasteiger partial charge < -0.3 is 10.1 Å². The number of hydrogen-bond donors (Lipinski definition) is 1. The van der Waals surface area contributed by atoms with E-state index in [-0.39, 0.29) is 11.2 Å². The standard InChI is InChI=1S/C14H21ClN2O2S/c1-5-19-13(18)14(3,16-4)8-10(2)20-12-7-6-11(15)9-17-12/h6-7,9-10,16H,5,8H2,1-4H3. The molecule has 0 amide bonds. The minimum absolute atomic E-state index is 0.213. The van der Waals surface area contributed by atoms with Gasteiger partial charge in [-0.2, -0.15) is 0 Å². The number of nitrogens with zero attached hydrogens (tertiary/aromatic N) is 1. The Bertz CT molecular complexity index is 441. The summed E-state index contributed by atoms with van der Waals surface area (Å²) in [4.78, 5) is 16.3. The third-order valence-corrected chi connectivity index (χ3v) is 4.27. The first-order chi connectivity index (χ1) is 9.41. The van der Waals surface area contributed by atoms with Gasteiger partial charge in [-0.15, -0.1) is 11.8 Å². The largest absolute Gasteiger partial charge is 0.465 e. The van der Waals surface area contributed by atoms with Gasteiger partial charge in [-0.1, -0.05) is 18.5 Å². The number of carbonyl (C=O) groups is 1. The first-order valence-electron chi connectivity index (χ1n) is 6.55. The van der Waals surface area contributed by atoms with Crippen molar-refractivity contribution in [1.29, 1.82) is 0 Å². The van der Waals surface area contributed by atoms with Crippen molar-refractivity contribution in [2.45, 2.75) is 43.0 Å². The molecule has 1 N–H and O–H groups in total. The molecule has 0 saturated heterocycles. The van der Waals surface area contributed by atoms with Crippen LogP contribution in [0.25, 0.3) is 0 Å². The van der Waals surface area contributed by atoms with Crippen LogP contribution in [0.3, 0.4) is 0 Å². The summed E-state index contributed by atoms with van der Waals surface area (Å²) in [5, 5.41) is 4.78. The first-order valence-corrected chi connectivity index (χ1v) is 7.81. The molecule has 0 bridgehead atoms. The van der Waals surface area contributed by atoms with Crippen LogP contribution in [-0.2, 0) is 9.53 Å². The van der Waals surface area contributed by atoms with Gasteiger partial charge in [-0.05, 0) is 39.4 Å². The van der Waals surface area contributed by atoms with Crippen LogP contribution < -0.4 is 5.32 Å². The van der Waals surface area contributed by atoms with Gasteiger partial charge in [-0.25, -0.2) is 4.98 Å². The molecule has 0 fully saturated rings. The third kappa shape index (κ3) is 4.96. The molecule has 112 valence electrons. The van der Waals surface area contributed by atoms with Crippen molar-refractivity contribution >= 4 is 29.3 Å². The maximum absolute atomic E-state index is 12.0. The highest BCUT2D eigenvalue weighted by atomic mass is 35.5. The molecule has 0 spiro atoms. The summed E-state index contributed by atoms with van der Waals surface area (Å²) in [7, 11) is 1.77. The molecule has 0 aliphatic carbocycles. The molecule has 1 heterocycles. The summed E-state index contributed by atoms with van der Waals surface area (Å²) in [6, 6.07) is 3.69. The Morgan fingerprint density at radius 3 is 2.80 bits per heavy atom. The van der Waals surface area contributed by atoms with Crippen molar-refractivity contribution in [3.05, 3.63) is 23.4 Å². The van der Waals surface area contributed by atoms with Crippen molar-refractivity contribution in [2.75, 3.05) is 13.7 Å². The molecular weight excluding hydrogens is 296 g/mol. The van der Waals surface area contributed by atoms with Gasteiger partial charge in [0.1, 0.15) is 5.54 Å². The number of hydrogen-bond acceptors (Lipinski definition) is 5. The van der Waals surface area contributed by atoms with E-state index in [1.54, 1.807) is 25.0 Å². The number of esters is 1. The lowest BCUT2D eigenvalue weighted by Gasteiger charge is -2.29. The second kappa shape index (κ2) is 7.86. The molecule has 0 saturated carbocycles. The van der Waals surface area contributed by atoms with Crippen LogP contribution in [0, 0.1) is 0 Å². The fraction of sp³-hybridized carbons (Fsp3) is 0.571. The van der Waals surface area contributed by atoms with Crippen LogP contribution in [0.5, 0.6) is 0 Å². The lowest BCUT2D eigenvalue weighted by atomic mass is 9.96. The van der Waals surface area contributed by atoms with Crippen LogP contribution in [-0.4, -0.2) is 35.4 Å². The van der Waals surface area contributed by atoms with E-state index in [1.807, 2.05) is 26.0 Å². The van der Waals surface area contributed by atoms with Crippen LogP contribution >= 0.6 is 23.4 Å². The zero-order valence-corrected chi connectivity index (χ0v) is 13.8. The number of rotatable bonds is 7. The van der Waals surface area contributed by atoms with E-state index in [4.69, 9.17) is 16.3 Å². The third-order valence-electron chi connectivity index (χ3n) is 3.00. The number of nitrogens with one attached hydrogen (secondary N) is 1. The molecule has 0 aliphatic rings. The molecule has 1 aromatic heterocycles. The predicted octanol–water partition coefficient (Wildman–Crippen LogP) is 3.15. The minimum atomic E-state index is -0.686. The van der Waals surface area contributed by atoms with Crippen LogP contribution in [0.4, 0.5) is 0 Å². The molecule has 1 rings (SSSR count). The van der Waals surface area contributed by atoms with E-state index < -0.39 is 5.54 Å². The van der Waals surface area contributed by atoms with Gasteiger partial charge >= 0.3 is 5.97 Å². The molecule has 2 atom stereocenters. The van der Waals surface area contributed by atoms with Gasteiger partial charge in [0.15, 0.2) is 0 Å². The second-order valence-corrected chi connectivity index (χ2v) is 6.64. The number of likely N-dealkylation sites (N-methyl/N-ethyl adjacent to an activating group) is 1. The van der Waals surface area contributed by atoms with Gasteiger partial charge in [0.2, 0.25) is 0 Å².